The summed E-state index contributed by atoms with van der Waals surface area (Å²) in [7, 11) is 1.54. The Morgan fingerprint density at radius 3 is 2.68 bits per heavy atom. The van der Waals surface area contributed by atoms with E-state index in [4.69, 9.17) is 15.4 Å². The van der Waals surface area contributed by atoms with E-state index < -0.39 is 20.3 Å². The van der Waals surface area contributed by atoms with Gasteiger partial charge in [0.25, 0.3) is 0 Å². The van der Waals surface area contributed by atoms with E-state index in [1.165, 1.54) is 4.90 Å². The van der Waals surface area contributed by atoms with E-state index in [0.29, 0.717) is 11.3 Å². The fourth-order valence-corrected chi connectivity index (χ4v) is 3.41. The molecular weight excluding hydrogens is 330 g/mol. The first kappa shape index (κ1) is 16.8. The molecule has 0 bridgehead atoms. The van der Waals surface area contributed by atoms with Crippen LogP contribution in [-0.4, -0.2) is 38.7 Å². The summed E-state index contributed by atoms with van der Waals surface area (Å²) in [5.41, 5.74) is 1.13. The van der Waals surface area contributed by atoms with E-state index in [9.17, 15) is 18.0 Å². The SMILES string of the molecule is CCOC(=O)Cc1ccccc1N1CC(S(=O)(=O)Cl)CC1=O. The van der Waals surface area contributed by atoms with Gasteiger partial charge in [0.1, 0.15) is 5.25 Å². The molecule has 8 heteroatoms. The molecule has 1 heterocycles. The van der Waals surface area contributed by atoms with E-state index in [1.807, 2.05) is 0 Å². The molecule has 0 spiro atoms. The minimum atomic E-state index is -3.80. The number of hydrogen-bond donors (Lipinski definition) is 0. The van der Waals surface area contributed by atoms with Crippen molar-refractivity contribution in [3.63, 3.8) is 0 Å². The van der Waals surface area contributed by atoms with Gasteiger partial charge in [-0.25, -0.2) is 8.42 Å². The Labute approximate surface area is 133 Å². The van der Waals surface area contributed by atoms with Crippen LogP contribution in [0.4, 0.5) is 5.69 Å². The summed E-state index contributed by atoms with van der Waals surface area (Å²) in [6, 6.07) is 6.85. The van der Waals surface area contributed by atoms with Crippen molar-refractivity contribution >= 4 is 37.3 Å². The lowest BCUT2D eigenvalue weighted by molar-refractivity contribution is -0.142. The minimum Gasteiger partial charge on any atom is -0.466 e. The summed E-state index contributed by atoms with van der Waals surface area (Å²) in [6.45, 7) is 1.98. The second-order valence-corrected chi connectivity index (χ2v) is 7.82. The number of esters is 1. The predicted molar refractivity (Wildman–Crippen MR) is 82.3 cm³/mol. The molecule has 22 heavy (non-hydrogen) atoms. The summed E-state index contributed by atoms with van der Waals surface area (Å²) in [6.07, 6.45) is -0.133. The molecule has 0 aliphatic carbocycles. The second-order valence-electron chi connectivity index (χ2n) is 4.92. The highest BCUT2D eigenvalue weighted by Gasteiger charge is 2.38. The van der Waals surface area contributed by atoms with Crippen LogP contribution in [0.15, 0.2) is 24.3 Å². The third-order valence-corrected chi connectivity index (χ3v) is 5.28. The highest BCUT2D eigenvalue weighted by Crippen LogP contribution is 2.29. The Kier molecular flexibility index (Phi) is 5.08. The van der Waals surface area contributed by atoms with Gasteiger partial charge in [-0.2, -0.15) is 0 Å². The average molecular weight is 346 g/mol. The van der Waals surface area contributed by atoms with E-state index in [-0.39, 0.29) is 31.9 Å². The third kappa shape index (κ3) is 3.78. The number of hydrogen-bond acceptors (Lipinski definition) is 5. The number of carbonyl (C=O) groups is 2. The Morgan fingerprint density at radius 2 is 2.09 bits per heavy atom. The van der Waals surface area contributed by atoms with E-state index in [2.05, 4.69) is 0 Å². The van der Waals surface area contributed by atoms with E-state index in [1.54, 1.807) is 31.2 Å². The van der Waals surface area contributed by atoms with Crippen molar-refractivity contribution in [2.75, 3.05) is 18.1 Å². The van der Waals surface area contributed by atoms with Gasteiger partial charge in [-0.15, -0.1) is 0 Å². The average Bonchev–Trinajstić information content (AvgIpc) is 2.81. The van der Waals surface area contributed by atoms with Gasteiger partial charge in [0, 0.05) is 29.3 Å². The first-order valence-electron chi connectivity index (χ1n) is 6.80. The van der Waals surface area contributed by atoms with Crippen molar-refractivity contribution in [2.24, 2.45) is 0 Å². The van der Waals surface area contributed by atoms with Crippen molar-refractivity contribution in [2.45, 2.75) is 25.0 Å². The number of rotatable bonds is 5. The zero-order valence-corrected chi connectivity index (χ0v) is 13.6. The molecular formula is C14H16ClNO5S. The summed E-state index contributed by atoms with van der Waals surface area (Å²) < 4.78 is 27.7. The predicted octanol–water partition coefficient (Wildman–Crippen LogP) is 1.47. The Bertz CT molecular complexity index is 688. The Morgan fingerprint density at radius 1 is 1.41 bits per heavy atom. The molecule has 1 aliphatic heterocycles. The molecule has 1 atom stereocenters. The monoisotopic (exact) mass is 345 g/mol. The van der Waals surface area contributed by atoms with Gasteiger partial charge in [0.05, 0.1) is 13.0 Å². The lowest BCUT2D eigenvalue weighted by Gasteiger charge is -2.19. The number of amides is 1. The highest BCUT2D eigenvalue weighted by atomic mass is 35.7. The Balaban J connectivity index is 2.26. The van der Waals surface area contributed by atoms with Crippen LogP contribution in [0.5, 0.6) is 0 Å². The lowest BCUT2D eigenvalue weighted by atomic mass is 10.1. The molecule has 1 aliphatic rings. The first-order chi connectivity index (χ1) is 10.3. The highest BCUT2D eigenvalue weighted by molar-refractivity contribution is 8.14. The maximum absolute atomic E-state index is 12.1. The lowest BCUT2D eigenvalue weighted by Crippen LogP contribution is -2.28. The van der Waals surface area contributed by atoms with Gasteiger partial charge in [-0.05, 0) is 18.6 Å². The van der Waals surface area contributed by atoms with Crippen LogP contribution in [0.25, 0.3) is 0 Å². The topological polar surface area (TPSA) is 80.8 Å². The first-order valence-corrected chi connectivity index (χ1v) is 9.17. The second kappa shape index (κ2) is 6.66. The molecule has 1 unspecified atom stereocenters. The zero-order chi connectivity index (χ0) is 16.3. The molecule has 0 saturated carbocycles. The standard InChI is InChI=1S/C14H16ClNO5S/c1-2-21-14(18)7-10-5-3-4-6-12(10)16-9-11(8-13(16)17)22(15,19)20/h3-6,11H,2,7-9H2,1H3. The van der Waals surface area contributed by atoms with Crippen LogP contribution < -0.4 is 4.90 Å². The number of halogens is 1. The number of carbonyl (C=O) groups excluding carboxylic acids is 2. The van der Waals surface area contributed by atoms with Crippen molar-refractivity contribution in [3.8, 4) is 0 Å². The Hall–Kier alpha value is -1.60. The van der Waals surface area contributed by atoms with Crippen molar-refractivity contribution < 1.29 is 22.7 Å². The number of nitrogens with zero attached hydrogens (tertiary/aromatic N) is 1. The molecule has 0 aromatic heterocycles. The summed E-state index contributed by atoms with van der Waals surface area (Å²) in [5, 5.41) is -0.933. The molecule has 0 radical (unpaired) electrons. The molecule has 0 N–H and O–H groups in total. The number of benzene rings is 1. The quantitative estimate of drug-likeness (QED) is 0.596. The maximum atomic E-state index is 12.1. The van der Waals surface area contributed by atoms with Crippen LogP contribution in [0.3, 0.4) is 0 Å². The summed E-state index contributed by atoms with van der Waals surface area (Å²) in [5.74, 6) is -0.728. The molecule has 2 rings (SSSR count). The molecule has 1 aromatic rings. The van der Waals surface area contributed by atoms with Gasteiger partial charge in [0.15, 0.2) is 0 Å². The largest absolute Gasteiger partial charge is 0.466 e. The van der Waals surface area contributed by atoms with Crippen LogP contribution in [0.2, 0.25) is 0 Å². The van der Waals surface area contributed by atoms with Crippen LogP contribution in [-0.2, 0) is 29.8 Å². The van der Waals surface area contributed by atoms with Gasteiger partial charge in [-0.1, -0.05) is 18.2 Å². The fraction of sp³-hybridized carbons (Fsp3) is 0.429. The third-order valence-electron chi connectivity index (χ3n) is 3.41. The fourth-order valence-electron chi connectivity index (χ4n) is 2.39. The van der Waals surface area contributed by atoms with Crippen molar-refractivity contribution in [1.82, 2.24) is 0 Å². The van der Waals surface area contributed by atoms with Crippen LogP contribution in [0, 0.1) is 0 Å². The van der Waals surface area contributed by atoms with Crippen molar-refractivity contribution in [3.05, 3.63) is 29.8 Å². The van der Waals surface area contributed by atoms with Crippen LogP contribution >= 0.6 is 10.7 Å². The number of anilines is 1. The summed E-state index contributed by atoms with van der Waals surface area (Å²) in [4.78, 5) is 25.1. The van der Waals surface area contributed by atoms with E-state index >= 15 is 0 Å². The smallest absolute Gasteiger partial charge is 0.310 e. The molecule has 1 aromatic carbocycles. The maximum Gasteiger partial charge on any atom is 0.310 e. The zero-order valence-electron chi connectivity index (χ0n) is 12.0. The van der Waals surface area contributed by atoms with Crippen molar-refractivity contribution in [1.29, 1.82) is 0 Å². The normalized spacial score (nSPS) is 18.5. The molecule has 6 nitrogen and oxygen atoms in total. The van der Waals surface area contributed by atoms with Crippen LogP contribution in [0.1, 0.15) is 18.9 Å². The van der Waals surface area contributed by atoms with Gasteiger partial charge < -0.3 is 9.64 Å². The molecule has 1 amide bonds. The number of para-hydroxylation sites is 1. The molecule has 1 fully saturated rings. The molecule has 1 saturated heterocycles. The van der Waals surface area contributed by atoms with Gasteiger partial charge in [0.2, 0.25) is 15.0 Å². The number of ether oxygens (including phenoxy) is 1. The van der Waals surface area contributed by atoms with Gasteiger partial charge in [-0.3, -0.25) is 9.59 Å². The van der Waals surface area contributed by atoms with Gasteiger partial charge >= 0.3 is 5.97 Å². The molecule has 120 valence electrons. The van der Waals surface area contributed by atoms with E-state index in [0.717, 1.165) is 0 Å². The minimum absolute atomic E-state index is 0.00942. The summed E-state index contributed by atoms with van der Waals surface area (Å²) >= 11 is 0.